The van der Waals surface area contributed by atoms with E-state index in [-0.39, 0.29) is 42.2 Å². The zero-order valence-corrected chi connectivity index (χ0v) is 26.6. The van der Waals surface area contributed by atoms with Crippen LogP contribution in [0.5, 0.6) is 0 Å². The summed E-state index contributed by atoms with van der Waals surface area (Å²) in [5.41, 5.74) is 2.08. The maximum Gasteiger partial charge on any atom is 0.253 e. The number of rotatable bonds is 11. The molecule has 228 valence electrons. The standard InChI is InChI=1S/C34H40BrN3O5/c1-6-16-36(24-12-10-9-11-13-24)31(40)27-28-32(41)38(23(8-3)20-39)30(34(28)19-25(35)29(27)43-34)33(42)37(17-7-2)26-18-21(4)14-15-22(26)5/h6-7,9-15,18,23,25,27-30,39H,1-2,8,16-17,19-20H2,3-5H3/t23-,25?,27+,28-,29+,30?,34?/m0/s1. The number of hydrogen-bond acceptors (Lipinski definition) is 5. The molecule has 2 aromatic rings. The molecule has 8 nitrogen and oxygen atoms in total. The number of anilines is 2. The predicted molar refractivity (Wildman–Crippen MR) is 171 cm³/mol. The highest BCUT2D eigenvalue weighted by molar-refractivity contribution is 9.09. The van der Waals surface area contributed by atoms with Gasteiger partial charge in [-0.1, -0.05) is 65.3 Å². The lowest BCUT2D eigenvalue weighted by Gasteiger charge is -2.39. The van der Waals surface area contributed by atoms with Crippen molar-refractivity contribution >= 4 is 45.0 Å². The van der Waals surface area contributed by atoms with Gasteiger partial charge in [-0.3, -0.25) is 14.4 Å². The molecule has 0 saturated carbocycles. The van der Waals surface area contributed by atoms with Gasteiger partial charge >= 0.3 is 0 Å². The van der Waals surface area contributed by atoms with Crippen molar-refractivity contribution in [3.63, 3.8) is 0 Å². The number of likely N-dealkylation sites (tertiary alicyclic amines) is 1. The van der Waals surface area contributed by atoms with Crippen LogP contribution in [0.2, 0.25) is 0 Å². The topological polar surface area (TPSA) is 90.4 Å². The first kappa shape index (κ1) is 31.2. The maximum absolute atomic E-state index is 14.9. The average molecular weight is 651 g/mol. The number of aliphatic hydroxyl groups is 1. The highest BCUT2D eigenvalue weighted by Gasteiger charge is 2.77. The first-order valence-electron chi connectivity index (χ1n) is 14.9. The number of carbonyl (C=O) groups is 3. The van der Waals surface area contributed by atoms with Gasteiger partial charge in [0.2, 0.25) is 11.8 Å². The van der Waals surface area contributed by atoms with Crippen LogP contribution in [0.4, 0.5) is 11.4 Å². The molecule has 3 aliphatic heterocycles. The van der Waals surface area contributed by atoms with Gasteiger partial charge in [0, 0.05) is 29.3 Å². The molecule has 3 saturated heterocycles. The third kappa shape index (κ3) is 5.05. The number of benzene rings is 2. The second kappa shape index (κ2) is 12.4. The monoisotopic (exact) mass is 649 g/mol. The Morgan fingerprint density at radius 2 is 1.79 bits per heavy atom. The fraction of sp³-hybridized carbons (Fsp3) is 0.441. The summed E-state index contributed by atoms with van der Waals surface area (Å²) in [6.45, 7) is 13.7. The van der Waals surface area contributed by atoms with Crippen molar-refractivity contribution in [2.75, 3.05) is 29.5 Å². The van der Waals surface area contributed by atoms with Crippen LogP contribution >= 0.6 is 15.9 Å². The van der Waals surface area contributed by atoms with E-state index in [1.165, 1.54) is 4.90 Å². The van der Waals surface area contributed by atoms with E-state index in [0.29, 0.717) is 18.5 Å². The van der Waals surface area contributed by atoms with Gasteiger partial charge in [0.05, 0.1) is 30.6 Å². The number of amides is 3. The van der Waals surface area contributed by atoms with Crippen molar-refractivity contribution in [3.8, 4) is 0 Å². The summed E-state index contributed by atoms with van der Waals surface area (Å²) in [5.74, 6) is -2.59. The lowest BCUT2D eigenvalue weighted by Crippen LogP contribution is -2.59. The van der Waals surface area contributed by atoms with Gasteiger partial charge in [0.15, 0.2) is 0 Å². The summed E-state index contributed by atoms with van der Waals surface area (Å²) >= 11 is 3.77. The number of aliphatic hydroxyl groups excluding tert-OH is 1. The van der Waals surface area contributed by atoms with E-state index in [1.54, 1.807) is 22.0 Å². The van der Waals surface area contributed by atoms with Crippen molar-refractivity contribution in [2.45, 2.75) is 62.2 Å². The molecular formula is C34H40BrN3O5. The summed E-state index contributed by atoms with van der Waals surface area (Å²) in [6.07, 6.45) is 3.54. The SMILES string of the molecule is C=CCN(C(=O)[C@H]1[C@@H]2OC3(CC2Br)C(C(=O)N(CC=C)c2cc(C)ccc2C)N([C@@H](CC)CO)C(=O)[C@H]13)c1ccccc1. The molecule has 3 aliphatic rings. The van der Waals surface area contributed by atoms with Crippen molar-refractivity contribution in [3.05, 3.63) is 85.0 Å². The Morgan fingerprint density at radius 1 is 1.12 bits per heavy atom. The largest absolute Gasteiger partial charge is 0.394 e. The molecule has 3 heterocycles. The van der Waals surface area contributed by atoms with Crippen molar-refractivity contribution < 1.29 is 24.2 Å². The molecule has 9 heteroatoms. The fourth-order valence-electron chi connectivity index (χ4n) is 7.27. The zero-order valence-electron chi connectivity index (χ0n) is 25.0. The van der Waals surface area contributed by atoms with E-state index in [9.17, 15) is 19.5 Å². The zero-order chi connectivity index (χ0) is 31.1. The Kier molecular flexibility index (Phi) is 8.97. The van der Waals surface area contributed by atoms with Crippen LogP contribution in [0.3, 0.4) is 0 Å². The summed E-state index contributed by atoms with van der Waals surface area (Å²) < 4.78 is 6.75. The van der Waals surface area contributed by atoms with E-state index in [4.69, 9.17) is 4.74 Å². The van der Waals surface area contributed by atoms with Gasteiger partial charge in [-0.15, -0.1) is 13.2 Å². The molecule has 5 rings (SSSR count). The van der Waals surface area contributed by atoms with Crippen LogP contribution in [0.15, 0.2) is 73.8 Å². The van der Waals surface area contributed by atoms with Crippen LogP contribution in [0.1, 0.15) is 30.9 Å². The quantitative estimate of drug-likeness (QED) is 0.285. The van der Waals surface area contributed by atoms with E-state index in [1.807, 2.05) is 69.3 Å². The number of nitrogens with zero attached hydrogens (tertiary/aromatic N) is 3. The number of halogens is 1. The molecule has 1 spiro atoms. The molecule has 1 N–H and O–H groups in total. The van der Waals surface area contributed by atoms with Gasteiger partial charge < -0.3 is 24.5 Å². The maximum atomic E-state index is 14.9. The number of para-hydroxylation sites is 1. The third-order valence-corrected chi connectivity index (χ3v) is 10.0. The minimum absolute atomic E-state index is 0.225. The second-order valence-corrected chi connectivity index (χ2v) is 12.9. The van der Waals surface area contributed by atoms with E-state index < -0.39 is 35.6 Å². The number of alkyl halides is 1. The van der Waals surface area contributed by atoms with Gasteiger partial charge in [-0.25, -0.2) is 0 Å². The van der Waals surface area contributed by atoms with E-state index >= 15 is 0 Å². The molecule has 0 radical (unpaired) electrons. The predicted octanol–water partition coefficient (Wildman–Crippen LogP) is 4.56. The molecule has 2 aromatic carbocycles. The molecule has 0 aromatic heterocycles. The average Bonchev–Trinajstić information content (AvgIpc) is 3.60. The van der Waals surface area contributed by atoms with E-state index in [2.05, 4.69) is 29.1 Å². The van der Waals surface area contributed by atoms with Crippen LogP contribution in [0.25, 0.3) is 0 Å². The molecule has 3 amide bonds. The first-order chi connectivity index (χ1) is 20.6. The van der Waals surface area contributed by atoms with Crippen molar-refractivity contribution in [1.29, 1.82) is 0 Å². The van der Waals surface area contributed by atoms with Crippen LogP contribution in [-0.2, 0) is 19.1 Å². The molecule has 43 heavy (non-hydrogen) atoms. The molecule has 2 bridgehead atoms. The Balaban J connectivity index is 1.63. The van der Waals surface area contributed by atoms with Crippen molar-refractivity contribution in [1.82, 2.24) is 4.90 Å². The van der Waals surface area contributed by atoms with Crippen molar-refractivity contribution in [2.24, 2.45) is 11.8 Å². The van der Waals surface area contributed by atoms with Gasteiger partial charge in [-0.05, 0) is 56.0 Å². The number of carbonyl (C=O) groups excluding carboxylic acids is 3. The van der Waals surface area contributed by atoms with E-state index in [0.717, 1.165) is 16.8 Å². The van der Waals surface area contributed by atoms with Crippen LogP contribution in [-0.4, -0.2) is 76.0 Å². The number of fused-ring (bicyclic) bond motifs is 1. The third-order valence-electron chi connectivity index (χ3n) is 9.20. The summed E-state index contributed by atoms with van der Waals surface area (Å²) in [4.78, 5) is 48.4. The fourth-order valence-corrected chi connectivity index (χ4v) is 8.21. The lowest BCUT2D eigenvalue weighted by molar-refractivity contribution is -0.144. The summed E-state index contributed by atoms with van der Waals surface area (Å²) in [5, 5.41) is 10.4. The number of hydrogen-bond donors (Lipinski definition) is 1. The summed E-state index contributed by atoms with van der Waals surface area (Å²) in [7, 11) is 0. The Labute approximate surface area is 262 Å². The second-order valence-electron chi connectivity index (χ2n) is 11.8. The van der Waals surface area contributed by atoms with Gasteiger partial charge in [0.25, 0.3) is 5.91 Å². The summed E-state index contributed by atoms with van der Waals surface area (Å²) in [6, 6.07) is 13.6. The Bertz CT molecular complexity index is 1410. The Hall–Kier alpha value is -3.27. The molecule has 7 atom stereocenters. The Morgan fingerprint density at radius 3 is 2.42 bits per heavy atom. The molecule has 3 unspecified atom stereocenters. The van der Waals surface area contributed by atoms with Gasteiger partial charge in [0.1, 0.15) is 11.6 Å². The number of aryl methyl sites for hydroxylation is 2. The van der Waals surface area contributed by atoms with Crippen LogP contribution < -0.4 is 9.80 Å². The molecule has 0 aliphatic carbocycles. The van der Waals surface area contributed by atoms with Crippen LogP contribution in [0, 0.1) is 25.7 Å². The molecule has 3 fully saturated rings. The first-order valence-corrected chi connectivity index (χ1v) is 15.8. The van der Waals surface area contributed by atoms with Gasteiger partial charge in [-0.2, -0.15) is 0 Å². The normalized spacial score (nSPS) is 28.0. The minimum atomic E-state index is -1.25. The number of ether oxygens (including phenoxy) is 1. The molecular weight excluding hydrogens is 610 g/mol. The smallest absolute Gasteiger partial charge is 0.253 e. The highest BCUT2D eigenvalue weighted by atomic mass is 79.9. The lowest BCUT2D eigenvalue weighted by atomic mass is 9.70. The highest BCUT2D eigenvalue weighted by Crippen LogP contribution is 2.61. The minimum Gasteiger partial charge on any atom is -0.394 e.